The summed E-state index contributed by atoms with van der Waals surface area (Å²) < 4.78 is 5.98. The van der Waals surface area contributed by atoms with E-state index in [9.17, 15) is 4.79 Å². The first-order valence-corrected chi connectivity index (χ1v) is 10.5. The van der Waals surface area contributed by atoms with Crippen molar-refractivity contribution in [2.45, 2.75) is 31.3 Å². The predicted molar refractivity (Wildman–Crippen MR) is 116 cm³/mol. The Kier molecular flexibility index (Phi) is 7.25. The van der Waals surface area contributed by atoms with Crippen LogP contribution in [0, 0.1) is 5.92 Å². The monoisotopic (exact) mass is 416 g/mol. The second kappa shape index (κ2) is 9.65. The Hall–Kier alpha value is -1.46. The Morgan fingerprint density at radius 2 is 1.85 bits per heavy atom. The zero-order valence-corrected chi connectivity index (χ0v) is 17.5. The zero-order chi connectivity index (χ0) is 19.2. The van der Waals surface area contributed by atoms with Crippen LogP contribution in [0.2, 0.25) is 5.02 Å². The van der Waals surface area contributed by atoms with Crippen LogP contribution in [-0.4, -0.2) is 17.3 Å². The lowest BCUT2D eigenvalue weighted by Gasteiger charge is -2.28. The van der Waals surface area contributed by atoms with E-state index >= 15 is 0 Å². The molecule has 140 valence electrons. The Morgan fingerprint density at radius 1 is 1.15 bits per heavy atom. The van der Waals surface area contributed by atoms with Crippen LogP contribution in [0.5, 0.6) is 0 Å². The van der Waals surface area contributed by atoms with Gasteiger partial charge in [0.25, 0.3) is 0 Å². The number of benzene rings is 2. The molecule has 5 heteroatoms. The maximum atomic E-state index is 12.5. The van der Waals surface area contributed by atoms with Gasteiger partial charge in [-0.15, -0.1) is 0 Å². The molecule has 1 unspecified atom stereocenters. The largest absolute Gasteiger partial charge is 0.376 e. The molecule has 0 saturated heterocycles. The van der Waals surface area contributed by atoms with Crippen molar-refractivity contribution in [1.82, 2.24) is 0 Å². The highest BCUT2D eigenvalue weighted by Gasteiger charge is 2.32. The zero-order valence-electron chi connectivity index (χ0n) is 15.1. The summed E-state index contributed by atoms with van der Waals surface area (Å²) in [6, 6.07) is 17.7. The highest BCUT2D eigenvalue weighted by molar-refractivity contribution is 8.03. The molecule has 2 nitrogen and oxygen atoms in total. The van der Waals surface area contributed by atoms with Gasteiger partial charge in [0.05, 0.1) is 13.2 Å². The quantitative estimate of drug-likeness (QED) is 0.496. The third kappa shape index (κ3) is 5.29. The minimum atomic E-state index is -0.0230. The number of ether oxygens (including phenoxy) is 1. The van der Waals surface area contributed by atoms with Gasteiger partial charge in [-0.2, -0.15) is 0 Å². The first kappa shape index (κ1) is 20.3. The Labute approximate surface area is 175 Å². The number of carbonyl (C=O) groups is 1. The average molecular weight is 417 g/mol. The number of halogens is 1. The highest BCUT2D eigenvalue weighted by Crippen LogP contribution is 2.40. The molecule has 1 aliphatic carbocycles. The van der Waals surface area contributed by atoms with Crippen molar-refractivity contribution in [1.29, 1.82) is 0 Å². The van der Waals surface area contributed by atoms with Gasteiger partial charge in [-0.05, 0) is 36.2 Å². The summed E-state index contributed by atoms with van der Waals surface area (Å²) in [6.45, 7) is 3.00. The van der Waals surface area contributed by atoms with Crippen LogP contribution in [-0.2, 0) is 16.1 Å². The summed E-state index contributed by atoms with van der Waals surface area (Å²) in [6.07, 6.45) is 1.05. The van der Waals surface area contributed by atoms with Crippen molar-refractivity contribution in [3.63, 3.8) is 0 Å². The van der Waals surface area contributed by atoms with E-state index in [-0.39, 0.29) is 11.7 Å². The summed E-state index contributed by atoms with van der Waals surface area (Å²) in [5, 5.41) is 0.711. The third-order valence-electron chi connectivity index (χ3n) is 4.47. The number of ketones is 1. The maximum Gasteiger partial charge on any atom is 0.164 e. The molecule has 3 rings (SSSR count). The average Bonchev–Trinajstić information content (AvgIpc) is 2.66. The number of carbonyl (C=O) groups excluding carboxylic acids is 1. The lowest BCUT2D eigenvalue weighted by Crippen LogP contribution is -2.29. The van der Waals surface area contributed by atoms with Gasteiger partial charge in [-0.3, -0.25) is 4.79 Å². The Bertz CT molecular complexity index is 844. The number of Topliss-reactive ketones (excluding diaryl/α,β-unsaturated/α-hetero) is 1. The molecule has 0 radical (unpaired) electrons. The van der Waals surface area contributed by atoms with Gasteiger partial charge in [-0.25, -0.2) is 0 Å². The molecule has 2 aromatic rings. The summed E-state index contributed by atoms with van der Waals surface area (Å²) in [5.74, 6) is 0.125. The molecule has 0 amide bonds. The second-order valence-electron chi connectivity index (χ2n) is 6.37. The molecule has 0 fully saturated rings. The normalized spacial score (nSPS) is 17.5. The predicted octanol–water partition coefficient (Wildman–Crippen LogP) is 6.27. The van der Waals surface area contributed by atoms with Crippen LogP contribution in [0.15, 0.2) is 70.0 Å². The van der Waals surface area contributed by atoms with Crippen LogP contribution in [0.3, 0.4) is 0 Å². The van der Waals surface area contributed by atoms with E-state index in [0.717, 1.165) is 25.8 Å². The number of thioether (sulfide) groups is 1. The van der Waals surface area contributed by atoms with Crippen molar-refractivity contribution in [3.8, 4) is 0 Å². The first-order valence-electron chi connectivity index (χ1n) is 8.92. The molecule has 0 saturated carbocycles. The van der Waals surface area contributed by atoms with E-state index in [4.69, 9.17) is 28.6 Å². The molecule has 1 aliphatic rings. The topological polar surface area (TPSA) is 26.3 Å². The smallest absolute Gasteiger partial charge is 0.164 e. The van der Waals surface area contributed by atoms with Crippen LogP contribution in [0.4, 0.5) is 0 Å². The van der Waals surface area contributed by atoms with Crippen LogP contribution in [0.1, 0.15) is 25.3 Å². The molecular formula is C22H21ClO2S2. The minimum Gasteiger partial charge on any atom is -0.376 e. The lowest BCUT2D eigenvalue weighted by molar-refractivity contribution is -0.114. The number of thiocarbonyl (C=S) groups is 1. The number of hydrogen-bond donors (Lipinski definition) is 0. The van der Waals surface area contributed by atoms with Gasteiger partial charge >= 0.3 is 0 Å². The van der Waals surface area contributed by atoms with E-state index in [0.29, 0.717) is 31.1 Å². The number of allylic oxidation sites excluding steroid dienone is 1. The van der Waals surface area contributed by atoms with Crippen molar-refractivity contribution in [2.75, 3.05) is 6.61 Å². The summed E-state index contributed by atoms with van der Waals surface area (Å²) in [5.41, 5.74) is 1.95. The molecule has 1 atom stereocenters. The number of rotatable bonds is 7. The van der Waals surface area contributed by atoms with Crippen LogP contribution >= 0.6 is 35.6 Å². The van der Waals surface area contributed by atoms with E-state index in [1.807, 2.05) is 49.4 Å². The van der Waals surface area contributed by atoms with Gasteiger partial charge < -0.3 is 4.74 Å². The van der Waals surface area contributed by atoms with Gasteiger partial charge in [0.1, 0.15) is 0 Å². The van der Waals surface area contributed by atoms with E-state index in [1.165, 1.54) is 0 Å². The fourth-order valence-corrected chi connectivity index (χ4v) is 4.84. The number of hydrogen-bond acceptors (Lipinski definition) is 4. The summed E-state index contributed by atoms with van der Waals surface area (Å²) in [4.78, 5) is 15.4. The summed E-state index contributed by atoms with van der Waals surface area (Å²) in [7, 11) is 0. The second-order valence-corrected chi connectivity index (χ2v) is 8.45. The highest BCUT2D eigenvalue weighted by atomic mass is 35.5. The van der Waals surface area contributed by atoms with Crippen molar-refractivity contribution < 1.29 is 9.53 Å². The molecule has 0 bridgehead atoms. The SMILES string of the molecule is CCC1=C(Sc2ccccc2)C(COCc2ccc(Cl)cc2)C(=S)CC1=O. The third-order valence-corrected chi connectivity index (χ3v) is 6.40. The van der Waals surface area contributed by atoms with Crippen molar-refractivity contribution >= 4 is 46.2 Å². The Morgan fingerprint density at radius 3 is 2.52 bits per heavy atom. The molecule has 0 spiro atoms. The molecule has 0 aliphatic heterocycles. The van der Waals surface area contributed by atoms with E-state index in [2.05, 4.69) is 12.1 Å². The Balaban J connectivity index is 1.77. The van der Waals surface area contributed by atoms with E-state index < -0.39 is 0 Å². The molecule has 0 N–H and O–H groups in total. The van der Waals surface area contributed by atoms with Gasteiger partial charge in [0, 0.05) is 37.6 Å². The maximum absolute atomic E-state index is 12.5. The van der Waals surface area contributed by atoms with Crippen LogP contribution < -0.4 is 0 Å². The molecular weight excluding hydrogens is 396 g/mol. The van der Waals surface area contributed by atoms with Crippen molar-refractivity contribution in [2.24, 2.45) is 5.92 Å². The molecule has 2 aromatic carbocycles. The fraction of sp³-hybridized carbons (Fsp3) is 0.273. The lowest BCUT2D eigenvalue weighted by atomic mass is 9.88. The molecule has 0 heterocycles. The van der Waals surface area contributed by atoms with Gasteiger partial charge in [0.2, 0.25) is 0 Å². The first-order chi connectivity index (χ1) is 13.1. The molecule has 0 aromatic heterocycles. The van der Waals surface area contributed by atoms with E-state index in [1.54, 1.807) is 11.8 Å². The fourth-order valence-electron chi connectivity index (χ4n) is 3.05. The molecule has 27 heavy (non-hydrogen) atoms. The standard InChI is InChI=1S/C22H21ClO2S2/c1-2-18-20(24)12-21(26)19(22(18)27-17-6-4-3-5-7-17)14-25-13-15-8-10-16(23)11-9-15/h3-11,19H,2,12-14H2,1H3. The minimum absolute atomic E-state index is 0.0230. The van der Waals surface area contributed by atoms with Gasteiger partial charge in [0.15, 0.2) is 5.78 Å². The van der Waals surface area contributed by atoms with Crippen molar-refractivity contribution in [3.05, 3.63) is 75.7 Å². The summed E-state index contributed by atoms with van der Waals surface area (Å²) >= 11 is 13.1. The van der Waals surface area contributed by atoms with Crippen LogP contribution in [0.25, 0.3) is 0 Å². The van der Waals surface area contributed by atoms with Gasteiger partial charge in [-0.1, -0.05) is 72.8 Å².